The van der Waals surface area contributed by atoms with Gasteiger partial charge in [-0.05, 0) is 41.7 Å². The van der Waals surface area contributed by atoms with Gasteiger partial charge in [0.15, 0.2) is 0 Å². The molecular weight excluding hydrogens is 282 g/mol. The summed E-state index contributed by atoms with van der Waals surface area (Å²) in [6.45, 7) is 3.97. The van der Waals surface area contributed by atoms with Gasteiger partial charge in [-0.1, -0.05) is 13.3 Å². The number of nitrogens with zero attached hydrogens (tertiary/aromatic N) is 2. The van der Waals surface area contributed by atoms with Crippen LogP contribution < -0.4 is 5.32 Å². The zero-order valence-corrected chi connectivity index (χ0v) is 11.8. The third-order valence-corrected chi connectivity index (χ3v) is 3.89. The normalized spacial score (nSPS) is 22.6. The molecule has 0 amide bonds. The minimum Gasteiger partial charge on any atom is -0.385 e. The summed E-state index contributed by atoms with van der Waals surface area (Å²) >= 11 is 3.48. The number of aliphatic hydroxyl groups is 1. The van der Waals surface area contributed by atoms with Gasteiger partial charge in [-0.25, -0.2) is 0 Å². The van der Waals surface area contributed by atoms with Gasteiger partial charge in [-0.3, -0.25) is 4.68 Å². The van der Waals surface area contributed by atoms with Gasteiger partial charge in [0.05, 0.1) is 16.4 Å². The van der Waals surface area contributed by atoms with Gasteiger partial charge in [-0.2, -0.15) is 5.10 Å². The second-order valence-electron chi connectivity index (χ2n) is 4.60. The van der Waals surface area contributed by atoms with Gasteiger partial charge in [0.25, 0.3) is 0 Å². The van der Waals surface area contributed by atoms with Gasteiger partial charge in [0.1, 0.15) is 6.10 Å². The Labute approximate surface area is 111 Å². The highest BCUT2D eigenvalue weighted by atomic mass is 79.9. The van der Waals surface area contributed by atoms with E-state index in [1.165, 1.54) is 12.8 Å². The van der Waals surface area contributed by atoms with Crippen molar-refractivity contribution in [3.8, 4) is 0 Å². The molecular formula is C12H20BrN3O. The van der Waals surface area contributed by atoms with Crippen molar-refractivity contribution < 1.29 is 5.11 Å². The van der Waals surface area contributed by atoms with Crippen LogP contribution in [0.5, 0.6) is 0 Å². The zero-order chi connectivity index (χ0) is 12.3. The number of piperidine rings is 1. The van der Waals surface area contributed by atoms with Gasteiger partial charge in [0, 0.05) is 12.6 Å². The molecule has 4 nitrogen and oxygen atoms in total. The molecule has 2 heterocycles. The summed E-state index contributed by atoms with van der Waals surface area (Å²) < 4.78 is 2.82. The maximum Gasteiger partial charge on any atom is 0.112 e. The standard InChI is InChI=1S/C12H20BrN3O/c1-2-7-16-11(9(13)8-15-16)12(17)10-5-3-4-6-14-10/h8,10,12,14,17H,2-7H2,1H3. The summed E-state index contributed by atoms with van der Waals surface area (Å²) in [4.78, 5) is 0. The molecule has 1 aliphatic heterocycles. The van der Waals surface area contributed by atoms with Gasteiger partial charge < -0.3 is 10.4 Å². The van der Waals surface area contributed by atoms with Crippen molar-refractivity contribution in [3.63, 3.8) is 0 Å². The number of halogens is 1. The molecule has 0 aliphatic carbocycles. The van der Waals surface area contributed by atoms with Crippen molar-refractivity contribution in [2.75, 3.05) is 6.54 Å². The Morgan fingerprint density at radius 1 is 1.65 bits per heavy atom. The lowest BCUT2D eigenvalue weighted by atomic mass is 9.98. The number of rotatable bonds is 4. The van der Waals surface area contributed by atoms with Crippen LogP contribution in [0.15, 0.2) is 10.7 Å². The second kappa shape index (κ2) is 5.98. The summed E-state index contributed by atoms with van der Waals surface area (Å²) in [6, 6.07) is 0.160. The van der Waals surface area contributed by atoms with Crippen LogP contribution in [0.3, 0.4) is 0 Å². The fraction of sp³-hybridized carbons (Fsp3) is 0.750. The lowest BCUT2D eigenvalue weighted by Gasteiger charge is -2.28. The van der Waals surface area contributed by atoms with E-state index in [0.29, 0.717) is 0 Å². The van der Waals surface area contributed by atoms with E-state index in [4.69, 9.17) is 0 Å². The number of hydrogen-bond donors (Lipinski definition) is 2. The van der Waals surface area contributed by atoms with E-state index in [2.05, 4.69) is 33.3 Å². The summed E-state index contributed by atoms with van der Waals surface area (Å²) in [5, 5.41) is 18.2. The highest BCUT2D eigenvalue weighted by molar-refractivity contribution is 9.10. The van der Waals surface area contributed by atoms with Crippen LogP contribution in [0.2, 0.25) is 0 Å². The summed E-state index contributed by atoms with van der Waals surface area (Å²) in [5.41, 5.74) is 0.909. The van der Waals surface area contributed by atoms with Crippen LogP contribution >= 0.6 is 15.9 Å². The molecule has 1 aromatic rings. The summed E-state index contributed by atoms with van der Waals surface area (Å²) in [5.74, 6) is 0. The molecule has 1 aromatic heterocycles. The summed E-state index contributed by atoms with van der Waals surface area (Å²) in [7, 11) is 0. The molecule has 17 heavy (non-hydrogen) atoms. The quantitative estimate of drug-likeness (QED) is 0.897. The smallest absolute Gasteiger partial charge is 0.112 e. The number of aryl methyl sites for hydroxylation is 1. The predicted molar refractivity (Wildman–Crippen MR) is 70.8 cm³/mol. The summed E-state index contributed by atoms with van der Waals surface area (Å²) in [6.07, 6.45) is 5.75. The van der Waals surface area contributed by atoms with E-state index in [1.807, 2.05) is 4.68 Å². The second-order valence-corrected chi connectivity index (χ2v) is 5.46. The molecule has 1 fully saturated rings. The van der Waals surface area contributed by atoms with E-state index < -0.39 is 6.10 Å². The Balaban J connectivity index is 2.16. The molecule has 5 heteroatoms. The van der Waals surface area contributed by atoms with E-state index >= 15 is 0 Å². The van der Waals surface area contributed by atoms with Crippen molar-refractivity contribution in [2.24, 2.45) is 0 Å². The van der Waals surface area contributed by atoms with Gasteiger partial charge in [0.2, 0.25) is 0 Å². The third kappa shape index (κ3) is 2.89. The van der Waals surface area contributed by atoms with Crippen LogP contribution in [0, 0.1) is 0 Å². The average molecular weight is 302 g/mol. The van der Waals surface area contributed by atoms with E-state index in [1.54, 1.807) is 6.20 Å². The van der Waals surface area contributed by atoms with E-state index in [0.717, 1.165) is 36.1 Å². The Bertz CT molecular complexity index is 361. The molecule has 0 aromatic carbocycles. The molecule has 0 spiro atoms. The first-order valence-electron chi connectivity index (χ1n) is 6.36. The first-order valence-corrected chi connectivity index (χ1v) is 7.16. The SMILES string of the molecule is CCCn1ncc(Br)c1C(O)C1CCCCN1. The molecule has 1 saturated heterocycles. The molecule has 2 atom stereocenters. The fourth-order valence-corrected chi connectivity index (χ4v) is 2.93. The van der Waals surface area contributed by atoms with Crippen molar-refractivity contribution in [3.05, 3.63) is 16.4 Å². The number of nitrogens with one attached hydrogen (secondary N) is 1. The molecule has 0 bridgehead atoms. The first-order chi connectivity index (χ1) is 8.24. The maximum absolute atomic E-state index is 10.5. The average Bonchev–Trinajstić information content (AvgIpc) is 2.71. The molecule has 96 valence electrons. The highest BCUT2D eigenvalue weighted by Gasteiger charge is 2.27. The minimum atomic E-state index is -0.473. The van der Waals surface area contributed by atoms with Crippen molar-refractivity contribution in [2.45, 2.75) is 51.3 Å². The van der Waals surface area contributed by atoms with Gasteiger partial charge >= 0.3 is 0 Å². The Hall–Kier alpha value is -0.390. The topological polar surface area (TPSA) is 50.1 Å². The highest BCUT2D eigenvalue weighted by Crippen LogP contribution is 2.28. The van der Waals surface area contributed by atoms with E-state index in [-0.39, 0.29) is 6.04 Å². The number of aromatic nitrogens is 2. The van der Waals surface area contributed by atoms with Crippen LogP contribution in [0.1, 0.15) is 44.4 Å². The fourth-order valence-electron chi connectivity index (χ4n) is 2.39. The van der Waals surface area contributed by atoms with E-state index in [9.17, 15) is 5.11 Å². The monoisotopic (exact) mass is 301 g/mol. The Morgan fingerprint density at radius 2 is 2.47 bits per heavy atom. The van der Waals surface area contributed by atoms with Crippen LogP contribution in [0.4, 0.5) is 0 Å². The lowest BCUT2D eigenvalue weighted by Crippen LogP contribution is -2.39. The number of hydrogen-bond acceptors (Lipinski definition) is 3. The molecule has 1 aliphatic rings. The third-order valence-electron chi connectivity index (χ3n) is 3.28. The van der Waals surface area contributed by atoms with Crippen molar-refractivity contribution >= 4 is 15.9 Å². The Morgan fingerprint density at radius 3 is 3.12 bits per heavy atom. The van der Waals surface area contributed by atoms with Crippen LogP contribution in [-0.2, 0) is 6.54 Å². The van der Waals surface area contributed by atoms with Crippen LogP contribution in [0.25, 0.3) is 0 Å². The molecule has 2 N–H and O–H groups in total. The number of aliphatic hydroxyl groups excluding tert-OH is 1. The van der Waals surface area contributed by atoms with Gasteiger partial charge in [-0.15, -0.1) is 0 Å². The zero-order valence-electron chi connectivity index (χ0n) is 10.2. The largest absolute Gasteiger partial charge is 0.385 e. The predicted octanol–water partition coefficient (Wildman–Crippen LogP) is 2.23. The maximum atomic E-state index is 10.5. The first kappa shape index (κ1) is 13.1. The minimum absolute atomic E-state index is 0.160. The molecule has 2 rings (SSSR count). The van der Waals surface area contributed by atoms with Crippen LogP contribution in [-0.4, -0.2) is 27.5 Å². The van der Waals surface area contributed by atoms with Crippen molar-refractivity contribution in [1.29, 1.82) is 0 Å². The molecule has 2 unspecified atom stereocenters. The lowest BCUT2D eigenvalue weighted by molar-refractivity contribution is 0.104. The molecule has 0 saturated carbocycles. The molecule has 0 radical (unpaired) electrons. The Kier molecular flexibility index (Phi) is 4.59. The van der Waals surface area contributed by atoms with Crippen molar-refractivity contribution in [1.82, 2.24) is 15.1 Å².